The fraction of sp³-hybridized carbons (Fsp3) is 0.591. The van der Waals surface area contributed by atoms with E-state index in [-0.39, 0.29) is 17.5 Å². The summed E-state index contributed by atoms with van der Waals surface area (Å²) in [6.45, 7) is 9.93. The van der Waals surface area contributed by atoms with Crippen LogP contribution in [-0.2, 0) is 21.4 Å². The number of esters is 1. The van der Waals surface area contributed by atoms with Crippen molar-refractivity contribution < 1.29 is 19.1 Å². The van der Waals surface area contributed by atoms with Gasteiger partial charge in [0.05, 0.1) is 17.3 Å². The Morgan fingerprint density at radius 2 is 2.04 bits per heavy atom. The summed E-state index contributed by atoms with van der Waals surface area (Å²) in [5, 5.41) is 13.1. The molecule has 140 valence electrons. The maximum Gasteiger partial charge on any atom is 0.302 e. The Balaban J connectivity index is 2.01. The van der Waals surface area contributed by atoms with Crippen molar-refractivity contribution in [2.45, 2.75) is 77.4 Å². The Labute approximate surface area is 154 Å². The van der Waals surface area contributed by atoms with Crippen molar-refractivity contribution in [3.63, 3.8) is 0 Å². The third-order valence-electron chi connectivity index (χ3n) is 7.41. The highest BCUT2D eigenvalue weighted by Gasteiger charge is 2.65. The Kier molecular flexibility index (Phi) is 3.62. The maximum absolute atomic E-state index is 12.0. The summed E-state index contributed by atoms with van der Waals surface area (Å²) in [6.07, 6.45) is 4.44. The molecule has 0 amide bonds. The number of aryl methyl sites for hydroxylation is 1. The lowest BCUT2D eigenvalue weighted by atomic mass is 9.46. The highest BCUT2D eigenvalue weighted by Crippen LogP contribution is 2.61. The lowest BCUT2D eigenvalue weighted by molar-refractivity contribution is -0.209. The van der Waals surface area contributed by atoms with E-state index in [1.807, 2.05) is 6.07 Å². The third-order valence-corrected chi connectivity index (χ3v) is 7.41. The van der Waals surface area contributed by atoms with E-state index < -0.39 is 11.0 Å². The number of carbonyl (C=O) groups excluding carboxylic acids is 1. The first-order chi connectivity index (χ1) is 12.1. The zero-order valence-electron chi connectivity index (χ0n) is 16.3. The van der Waals surface area contributed by atoms with Crippen molar-refractivity contribution in [2.75, 3.05) is 0 Å². The van der Waals surface area contributed by atoms with Crippen LogP contribution in [0.3, 0.4) is 0 Å². The molecule has 1 fully saturated rings. The number of aliphatic hydroxyl groups is 1. The van der Waals surface area contributed by atoms with Gasteiger partial charge in [-0.1, -0.05) is 13.8 Å². The molecule has 2 aliphatic rings. The molecule has 4 nitrogen and oxygen atoms in total. The Morgan fingerprint density at radius 1 is 1.31 bits per heavy atom. The molecule has 4 rings (SSSR count). The first-order valence-electron chi connectivity index (χ1n) is 9.51. The number of carbonyl (C=O) groups is 1. The molecule has 1 N–H and O–H groups in total. The molecule has 0 spiro atoms. The highest BCUT2D eigenvalue weighted by molar-refractivity contribution is 5.84. The minimum absolute atomic E-state index is 0.262. The molecule has 2 aromatic rings. The number of rotatable bonds is 1. The van der Waals surface area contributed by atoms with Gasteiger partial charge in [0.15, 0.2) is 0 Å². The normalized spacial score (nSPS) is 32.8. The molecular weight excluding hydrogens is 328 g/mol. The van der Waals surface area contributed by atoms with Crippen LogP contribution in [0, 0.1) is 12.3 Å². The van der Waals surface area contributed by atoms with Crippen LogP contribution in [0.2, 0.25) is 0 Å². The van der Waals surface area contributed by atoms with Gasteiger partial charge in [0, 0.05) is 12.3 Å². The second-order valence-corrected chi connectivity index (χ2v) is 8.94. The predicted octanol–water partition coefficient (Wildman–Crippen LogP) is 4.43. The van der Waals surface area contributed by atoms with Crippen molar-refractivity contribution in [2.24, 2.45) is 5.41 Å². The Bertz CT molecular complexity index is 893. The standard InChI is InChI=1S/C22H28O4/c1-13-15-6-10-22(24)20(3,4)9-7-19(26-14(2)23)21(22,5)17(15)12-18-16(13)8-11-25-18/h8,11-12,19,24H,6-7,9-10H2,1-5H3. The minimum atomic E-state index is -0.946. The van der Waals surface area contributed by atoms with Crippen LogP contribution in [-0.4, -0.2) is 22.8 Å². The van der Waals surface area contributed by atoms with Crippen LogP contribution < -0.4 is 0 Å². The van der Waals surface area contributed by atoms with Gasteiger partial charge in [0.1, 0.15) is 11.7 Å². The number of hydrogen-bond acceptors (Lipinski definition) is 4. The maximum atomic E-state index is 12.0. The van der Waals surface area contributed by atoms with Crippen molar-refractivity contribution in [1.29, 1.82) is 0 Å². The molecule has 26 heavy (non-hydrogen) atoms. The molecule has 0 aliphatic heterocycles. The third kappa shape index (κ3) is 2.02. The van der Waals surface area contributed by atoms with E-state index in [9.17, 15) is 9.90 Å². The predicted molar refractivity (Wildman–Crippen MR) is 100 cm³/mol. The largest absolute Gasteiger partial charge is 0.464 e. The van der Waals surface area contributed by atoms with Crippen LogP contribution in [0.25, 0.3) is 11.0 Å². The van der Waals surface area contributed by atoms with E-state index in [1.54, 1.807) is 6.26 Å². The van der Waals surface area contributed by atoms with Crippen LogP contribution >= 0.6 is 0 Å². The van der Waals surface area contributed by atoms with Crippen LogP contribution in [0.15, 0.2) is 22.8 Å². The van der Waals surface area contributed by atoms with Gasteiger partial charge in [-0.15, -0.1) is 0 Å². The van der Waals surface area contributed by atoms with E-state index in [2.05, 4.69) is 33.8 Å². The number of hydrogen-bond donors (Lipinski definition) is 1. The quantitative estimate of drug-likeness (QED) is 0.768. The van der Waals surface area contributed by atoms with Gasteiger partial charge in [-0.25, -0.2) is 0 Å². The fourth-order valence-corrected chi connectivity index (χ4v) is 5.74. The molecule has 3 unspecified atom stereocenters. The van der Waals surface area contributed by atoms with Gasteiger partial charge >= 0.3 is 5.97 Å². The average molecular weight is 356 g/mol. The van der Waals surface area contributed by atoms with E-state index in [0.717, 1.165) is 35.8 Å². The first-order valence-corrected chi connectivity index (χ1v) is 9.51. The van der Waals surface area contributed by atoms with Gasteiger partial charge < -0.3 is 14.3 Å². The summed E-state index contributed by atoms with van der Waals surface area (Å²) >= 11 is 0. The van der Waals surface area contributed by atoms with Gasteiger partial charge in [0.25, 0.3) is 0 Å². The Hall–Kier alpha value is -1.81. The molecule has 0 saturated heterocycles. The van der Waals surface area contributed by atoms with E-state index in [4.69, 9.17) is 9.15 Å². The van der Waals surface area contributed by atoms with Crippen molar-refractivity contribution in [3.8, 4) is 0 Å². The van der Waals surface area contributed by atoms with Crippen molar-refractivity contribution >= 4 is 16.9 Å². The van der Waals surface area contributed by atoms with Gasteiger partial charge in [-0.2, -0.15) is 0 Å². The molecule has 1 saturated carbocycles. The van der Waals surface area contributed by atoms with Crippen molar-refractivity contribution in [1.82, 2.24) is 0 Å². The van der Waals surface area contributed by atoms with E-state index >= 15 is 0 Å². The summed E-state index contributed by atoms with van der Waals surface area (Å²) in [5.41, 5.74) is 2.50. The van der Waals surface area contributed by atoms with E-state index in [1.165, 1.54) is 18.1 Å². The SMILES string of the molecule is CC(=O)OC1CCC(C)(C)C2(O)CCc3c(cc4occc4c3C)C12C. The monoisotopic (exact) mass is 356 g/mol. The van der Waals surface area contributed by atoms with Crippen LogP contribution in [0.1, 0.15) is 63.6 Å². The number of benzene rings is 1. The summed E-state index contributed by atoms with van der Waals surface area (Å²) in [5.74, 6) is -0.291. The van der Waals surface area contributed by atoms with Crippen LogP contribution in [0.5, 0.6) is 0 Å². The molecule has 2 aliphatic carbocycles. The van der Waals surface area contributed by atoms with Gasteiger partial charge in [-0.3, -0.25) is 4.79 Å². The topological polar surface area (TPSA) is 59.7 Å². The summed E-state index contributed by atoms with van der Waals surface area (Å²) < 4.78 is 11.5. The van der Waals surface area contributed by atoms with Crippen LogP contribution in [0.4, 0.5) is 0 Å². The van der Waals surface area contributed by atoms with Gasteiger partial charge in [-0.05, 0) is 73.8 Å². The first kappa shape index (κ1) is 17.6. The molecule has 3 atom stereocenters. The molecule has 0 bridgehead atoms. The van der Waals surface area contributed by atoms with Gasteiger partial charge in [0.2, 0.25) is 0 Å². The summed E-state index contributed by atoms with van der Waals surface area (Å²) in [4.78, 5) is 11.8. The smallest absolute Gasteiger partial charge is 0.302 e. The number of ether oxygens (including phenoxy) is 1. The van der Waals surface area contributed by atoms with Crippen molar-refractivity contribution in [3.05, 3.63) is 35.1 Å². The molecule has 0 radical (unpaired) electrons. The molecule has 1 aromatic heterocycles. The second kappa shape index (κ2) is 5.35. The summed E-state index contributed by atoms with van der Waals surface area (Å²) in [7, 11) is 0. The fourth-order valence-electron chi connectivity index (χ4n) is 5.74. The lowest BCUT2D eigenvalue weighted by Gasteiger charge is -2.62. The Morgan fingerprint density at radius 3 is 2.73 bits per heavy atom. The zero-order valence-corrected chi connectivity index (χ0v) is 16.3. The van der Waals surface area contributed by atoms with E-state index in [0.29, 0.717) is 6.42 Å². The molecule has 1 heterocycles. The molecule has 4 heteroatoms. The number of fused-ring (bicyclic) bond motifs is 4. The lowest BCUT2D eigenvalue weighted by Crippen LogP contribution is -2.69. The molecular formula is C22H28O4. The minimum Gasteiger partial charge on any atom is -0.464 e. The second-order valence-electron chi connectivity index (χ2n) is 8.94. The zero-order chi connectivity index (χ0) is 18.9. The molecule has 1 aromatic carbocycles. The average Bonchev–Trinajstić information content (AvgIpc) is 3.03. The highest BCUT2D eigenvalue weighted by atomic mass is 16.5. The number of furan rings is 1. The summed E-state index contributed by atoms with van der Waals surface area (Å²) in [6, 6.07) is 4.07.